The summed E-state index contributed by atoms with van der Waals surface area (Å²) in [6.07, 6.45) is 6.83. The maximum absolute atomic E-state index is 11.9. The molecule has 6 saturated carbocycles. The molecule has 2 aliphatic heterocycles. The average molecular weight is 793 g/mol. The van der Waals surface area contributed by atoms with Gasteiger partial charge in [0.25, 0.3) is 0 Å². The van der Waals surface area contributed by atoms with E-state index in [-0.39, 0.29) is 41.4 Å². The lowest BCUT2D eigenvalue weighted by molar-refractivity contribution is -0.260. The smallest absolute Gasteiger partial charge is 0.344 e. The first-order valence-electron chi connectivity index (χ1n) is 20.1. The number of hydrogen-bond acceptors (Lipinski definition) is 12. The highest BCUT2D eigenvalue weighted by molar-refractivity contribution is 5.89. The van der Waals surface area contributed by atoms with Gasteiger partial charge in [-0.05, 0) is 103 Å². The van der Waals surface area contributed by atoms with E-state index in [1.165, 1.54) is 12.5 Å². The number of benzene rings is 1. The molecule has 57 heavy (non-hydrogen) atoms. The summed E-state index contributed by atoms with van der Waals surface area (Å²) in [6, 6.07) is 8.06. The van der Waals surface area contributed by atoms with E-state index in [9.17, 15) is 34.2 Å². The van der Waals surface area contributed by atoms with Gasteiger partial charge in [-0.2, -0.15) is 0 Å². The van der Waals surface area contributed by atoms with Gasteiger partial charge in [0.05, 0.1) is 17.1 Å². The third-order valence-electron chi connectivity index (χ3n) is 12.4. The molecule has 8 atom stereocenters. The van der Waals surface area contributed by atoms with Crippen LogP contribution in [0.5, 0.6) is 0 Å². The Labute approximate surface area is 336 Å². The van der Waals surface area contributed by atoms with E-state index in [1.54, 1.807) is 13.8 Å². The fraction of sp³-hybridized carbons (Fsp3) is 0.622. The lowest BCUT2D eigenvalue weighted by Gasteiger charge is -2.62. The molecule has 1 aromatic rings. The van der Waals surface area contributed by atoms with Gasteiger partial charge in [-0.1, -0.05) is 56.5 Å². The predicted octanol–water partition coefficient (Wildman–Crippen LogP) is 6.42. The van der Waals surface area contributed by atoms with E-state index >= 15 is 0 Å². The molecule has 312 valence electrons. The zero-order valence-electron chi connectivity index (χ0n) is 34.4. The average Bonchev–Trinajstić information content (AvgIpc) is 3.26. The summed E-state index contributed by atoms with van der Waals surface area (Å²) in [4.78, 5) is 58.5. The van der Waals surface area contributed by atoms with E-state index in [0.29, 0.717) is 36.3 Å². The molecule has 8 fully saturated rings. The molecule has 8 bridgehead atoms. The second-order valence-electron chi connectivity index (χ2n) is 18.0. The molecule has 2 saturated heterocycles. The van der Waals surface area contributed by atoms with E-state index in [1.807, 2.05) is 45.0 Å². The Morgan fingerprint density at radius 3 is 1.96 bits per heavy atom. The lowest BCUT2D eigenvalue weighted by Crippen LogP contribution is -2.66. The molecule has 8 unspecified atom stereocenters. The third-order valence-corrected chi connectivity index (χ3v) is 12.4. The topological polar surface area (TPSA) is 172 Å². The summed E-state index contributed by atoms with van der Waals surface area (Å²) < 4.78 is 26.8. The number of rotatable bonds is 10. The lowest BCUT2D eigenvalue weighted by atomic mass is 9.50. The summed E-state index contributed by atoms with van der Waals surface area (Å²) in [7, 11) is 0. The molecule has 2 N–H and O–H groups in total. The van der Waals surface area contributed by atoms with Crippen molar-refractivity contribution in [1.29, 1.82) is 0 Å². The molecule has 2 heterocycles. The summed E-state index contributed by atoms with van der Waals surface area (Å²) in [5.41, 5.74) is 0.253. The summed E-state index contributed by atoms with van der Waals surface area (Å²) in [6.45, 7) is 21.0. The number of ether oxygens (including phenoxy) is 5. The Morgan fingerprint density at radius 1 is 0.825 bits per heavy atom. The summed E-state index contributed by atoms with van der Waals surface area (Å²) in [5, 5.41) is 21.0. The molecule has 0 aromatic heterocycles. The zero-order chi connectivity index (χ0) is 42.1. The van der Waals surface area contributed by atoms with E-state index in [2.05, 4.69) is 19.7 Å². The van der Waals surface area contributed by atoms with E-state index < -0.39 is 53.0 Å². The van der Waals surface area contributed by atoms with Crippen LogP contribution < -0.4 is 0 Å². The standard InChI is InChI=1S/C16H20O6.C15H20O2.C14H20O4/c1-8(2)15(18)20-7-13(17)22-14-10-3-9-4-11(6-10)16(19)21-12(14)5-9;1-6-15(5,17-14(16)11(2)3)13-9-7-12(4)8-10-13;1-9(2)11(15)18-14-5-10-3-12(16,7-14)6-13(17,4-10)8-14/h9-12,14H,1,3-7H2,2H3;7-10H,2,6H2,1,3-5H3;10,16-17H,1,3-8H2,2H3. The molecular formula is C45H60O12. The molecule has 0 spiro atoms. The van der Waals surface area contributed by atoms with Crippen LogP contribution in [-0.2, 0) is 53.3 Å². The number of carbonyl (C=O) groups is 5. The molecule has 1 aromatic carbocycles. The Bertz CT molecular complexity index is 1760. The Balaban J connectivity index is 0.000000165. The molecule has 0 radical (unpaired) electrons. The van der Waals surface area contributed by atoms with Gasteiger partial charge in [0.1, 0.15) is 23.4 Å². The van der Waals surface area contributed by atoms with E-state index in [4.69, 9.17) is 23.7 Å². The fourth-order valence-corrected chi connectivity index (χ4v) is 10.1. The van der Waals surface area contributed by atoms with Crippen LogP contribution in [0.3, 0.4) is 0 Å². The SMILES string of the molecule is C=C(C)C(=O)OC(C)(CC)c1ccc(C)cc1.C=C(C)C(=O)OC12CC3CC(O)(CC(O)(C3)C1)C2.C=C(C)C(=O)OCC(=O)OC1C2CC3CC(C2)C(=O)OC1C3. The third kappa shape index (κ3) is 10.4. The van der Waals surface area contributed by atoms with Crippen molar-refractivity contribution in [2.75, 3.05) is 6.61 Å². The van der Waals surface area contributed by atoms with Gasteiger partial charge in [0.15, 0.2) is 6.61 Å². The highest BCUT2D eigenvalue weighted by atomic mass is 16.6. The van der Waals surface area contributed by atoms with Gasteiger partial charge in [-0.3, -0.25) is 4.79 Å². The number of esters is 5. The van der Waals surface area contributed by atoms with Gasteiger partial charge in [-0.15, -0.1) is 0 Å². The van der Waals surface area contributed by atoms with Crippen molar-refractivity contribution in [2.24, 2.45) is 23.7 Å². The second kappa shape index (κ2) is 16.9. The van der Waals surface area contributed by atoms with Crippen molar-refractivity contribution in [3.05, 3.63) is 71.8 Å². The van der Waals surface area contributed by atoms with Crippen molar-refractivity contribution in [2.45, 2.75) is 147 Å². The molecule has 8 aliphatic rings. The molecule has 0 amide bonds. The maximum atomic E-state index is 11.9. The summed E-state index contributed by atoms with van der Waals surface area (Å²) in [5.74, 6) is -1.30. The minimum atomic E-state index is -0.858. The van der Waals surface area contributed by atoms with Crippen molar-refractivity contribution >= 4 is 29.8 Å². The van der Waals surface area contributed by atoms with Crippen LogP contribution in [0.25, 0.3) is 0 Å². The van der Waals surface area contributed by atoms with Gasteiger partial charge >= 0.3 is 29.8 Å². The monoisotopic (exact) mass is 792 g/mol. The Morgan fingerprint density at radius 2 is 1.42 bits per heavy atom. The first kappa shape index (κ1) is 43.8. The number of aliphatic hydroxyl groups is 2. The number of carbonyl (C=O) groups excluding carboxylic acids is 5. The molecule has 12 heteroatoms. The maximum Gasteiger partial charge on any atom is 0.344 e. The van der Waals surface area contributed by atoms with Crippen LogP contribution in [0.1, 0.15) is 116 Å². The molecular weight excluding hydrogens is 732 g/mol. The minimum absolute atomic E-state index is 0.0568. The van der Waals surface area contributed by atoms with Crippen LogP contribution in [0.2, 0.25) is 0 Å². The predicted molar refractivity (Wildman–Crippen MR) is 209 cm³/mol. The Hall–Kier alpha value is -4.29. The summed E-state index contributed by atoms with van der Waals surface area (Å²) >= 11 is 0. The molecule has 12 nitrogen and oxygen atoms in total. The van der Waals surface area contributed by atoms with Crippen LogP contribution >= 0.6 is 0 Å². The first-order chi connectivity index (χ1) is 26.6. The minimum Gasteiger partial charge on any atom is -0.458 e. The normalized spacial score (nSPS) is 33.4. The van der Waals surface area contributed by atoms with Gasteiger partial charge in [0, 0.05) is 41.9 Å². The highest BCUT2D eigenvalue weighted by Crippen LogP contribution is 2.60. The van der Waals surface area contributed by atoms with E-state index in [0.717, 1.165) is 56.9 Å². The van der Waals surface area contributed by atoms with Crippen LogP contribution in [-0.4, -0.2) is 75.7 Å². The number of fused-ring (bicyclic) bond motifs is 1. The zero-order valence-corrected chi connectivity index (χ0v) is 34.4. The fourth-order valence-electron chi connectivity index (χ4n) is 10.1. The van der Waals surface area contributed by atoms with Gasteiger partial charge in [-0.25, -0.2) is 19.2 Å². The van der Waals surface area contributed by atoms with Gasteiger partial charge in [0.2, 0.25) is 0 Å². The van der Waals surface area contributed by atoms with Crippen LogP contribution in [0.4, 0.5) is 0 Å². The van der Waals surface area contributed by atoms with Crippen molar-refractivity contribution < 1.29 is 57.9 Å². The molecule has 6 aliphatic carbocycles. The van der Waals surface area contributed by atoms with Crippen molar-refractivity contribution in [3.8, 4) is 0 Å². The van der Waals surface area contributed by atoms with Crippen LogP contribution in [0.15, 0.2) is 60.7 Å². The quantitative estimate of drug-likeness (QED) is 0.152. The number of aryl methyl sites for hydroxylation is 1. The largest absolute Gasteiger partial charge is 0.458 e. The second-order valence-corrected chi connectivity index (χ2v) is 18.0. The van der Waals surface area contributed by atoms with Crippen molar-refractivity contribution in [1.82, 2.24) is 0 Å². The van der Waals surface area contributed by atoms with Crippen LogP contribution in [0, 0.1) is 30.6 Å². The van der Waals surface area contributed by atoms with Crippen molar-refractivity contribution in [3.63, 3.8) is 0 Å². The van der Waals surface area contributed by atoms with Gasteiger partial charge < -0.3 is 33.9 Å². The molecule has 9 rings (SSSR count). The number of hydrogen-bond donors (Lipinski definition) is 2. The Kier molecular flexibility index (Phi) is 13.0. The first-order valence-corrected chi connectivity index (χ1v) is 20.1. The highest BCUT2D eigenvalue weighted by Gasteiger charge is 2.64.